The molecule has 0 unspecified atom stereocenters. The van der Waals surface area contributed by atoms with Crippen LogP contribution in [0.2, 0.25) is 0 Å². The number of rotatable bonds is 4. The Labute approximate surface area is 298 Å². The zero-order valence-electron chi connectivity index (χ0n) is 27.6. The molecule has 0 saturated heterocycles. The van der Waals surface area contributed by atoms with Gasteiger partial charge in [0.25, 0.3) is 0 Å². The van der Waals surface area contributed by atoms with Gasteiger partial charge in [0.2, 0.25) is 0 Å². The van der Waals surface area contributed by atoms with E-state index in [4.69, 9.17) is 0 Å². The molecule has 11 aromatic rings. The number of aromatic nitrogens is 2. The van der Waals surface area contributed by atoms with Crippen molar-refractivity contribution in [2.24, 2.45) is 0 Å². The maximum Gasteiger partial charge on any atom is 0.0562 e. The predicted octanol–water partition coefficient (Wildman–Crippen LogP) is 13.6. The highest BCUT2D eigenvalue weighted by atomic mass is 32.1. The van der Waals surface area contributed by atoms with E-state index < -0.39 is 0 Å². The maximum atomic E-state index is 2.46. The van der Waals surface area contributed by atoms with Crippen molar-refractivity contribution >= 4 is 75.1 Å². The SMILES string of the molecule is c1ccc(-c2ccc(-c3cccc(-n4c5ccccc5c5cc6c7cc8c(cc7n(-c7ccccc7)c6cc54)sc4ccccc48)c3)cc2)cc1. The van der Waals surface area contributed by atoms with Crippen molar-refractivity contribution in [1.82, 2.24) is 9.13 Å². The van der Waals surface area contributed by atoms with E-state index >= 15 is 0 Å². The molecule has 0 aliphatic carbocycles. The van der Waals surface area contributed by atoms with Crippen LogP contribution in [0.1, 0.15) is 0 Å². The van der Waals surface area contributed by atoms with Crippen LogP contribution in [0.4, 0.5) is 0 Å². The summed E-state index contributed by atoms with van der Waals surface area (Å²) < 4.78 is 7.55. The third kappa shape index (κ3) is 4.35. The first-order valence-corrected chi connectivity index (χ1v) is 18.2. The molecule has 8 aromatic carbocycles. The molecule has 0 spiro atoms. The van der Waals surface area contributed by atoms with E-state index in [9.17, 15) is 0 Å². The average Bonchev–Trinajstić information content (AvgIpc) is 3.83. The van der Waals surface area contributed by atoms with Gasteiger partial charge < -0.3 is 9.13 Å². The monoisotopic (exact) mass is 666 g/mol. The van der Waals surface area contributed by atoms with Crippen molar-refractivity contribution < 1.29 is 0 Å². The molecule has 3 heteroatoms. The molecule has 0 fully saturated rings. The van der Waals surface area contributed by atoms with Gasteiger partial charge in [0.15, 0.2) is 0 Å². The van der Waals surface area contributed by atoms with Crippen molar-refractivity contribution in [3.63, 3.8) is 0 Å². The fourth-order valence-electron chi connectivity index (χ4n) is 8.14. The fraction of sp³-hybridized carbons (Fsp3) is 0. The average molecular weight is 667 g/mol. The molecule has 0 amide bonds. The summed E-state index contributed by atoms with van der Waals surface area (Å²) in [5, 5.41) is 7.73. The quantitative estimate of drug-likeness (QED) is 0.177. The van der Waals surface area contributed by atoms with Gasteiger partial charge in [0.05, 0.1) is 22.1 Å². The summed E-state index contributed by atoms with van der Waals surface area (Å²) in [6.07, 6.45) is 0. The molecule has 51 heavy (non-hydrogen) atoms. The van der Waals surface area contributed by atoms with E-state index in [-0.39, 0.29) is 0 Å². The lowest BCUT2D eigenvalue weighted by atomic mass is 10.00. The Balaban J connectivity index is 1.17. The smallest absolute Gasteiger partial charge is 0.0562 e. The largest absolute Gasteiger partial charge is 0.309 e. The number of fused-ring (bicyclic) bond motifs is 9. The Bertz CT molecular complexity index is 3110. The highest BCUT2D eigenvalue weighted by Crippen LogP contribution is 2.43. The molecule has 238 valence electrons. The van der Waals surface area contributed by atoms with Gasteiger partial charge in [-0.25, -0.2) is 0 Å². The lowest BCUT2D eigenvalue weighted by molar-refractivity contribution is 1.17. The number of nitrogens with zero attached hydrogens (tertiary/aromatic N) is 2. The summed E-state index contributed by atoms with van der Waals surface area (Å²) in [5.74, 6) is 0. The Morgan fingerprint density at radius 3 is 1.59 bits per heavy atom. The van der Waals surface area contributed by atoms with E-state index in [1.165, 1.54) is 91.7 Å². The highest BCUT2D eigenvalue weighted by Gasteiger charge is 2.20. The van der Waals surface area contributed by atoms with Gasteiger partial charge in [-0.05, 0) is 82.9 Å². The number of thiophene rings is 1. The summed E-state index contributed by atoms with van der Waals surface area (Å²) in [4.78, 5) is 0. The van der Waals surface area contributed by atoms with Crippen LogP contribution in [0, 0.1) is 0 Å². The number of benzene rings is 8. The molecule has 2 nitrogen and oxygen atoms in total. The molecule has 3 heterocycles. The molecule has 0 radical (unpaired) electrons. The number of hydrogen-bond acceptors (Lipinski definition) is 1. The minimum Gasteiger partial charge on any atom is -0.309 e. The topological polar surface area (TPSA) is 9.86 Å². The normalized spacial score (nSPS) is 11.9. The van der Waals surface area contributed by atoms with Gasteiger partial charge in [-0.3, -0.25) is 0 Å². The molecule has 0 aliphatic heterocycles. The van der Waals surface area contributed by atoms with Gasteiger partial charge in [0.1, 0.15) is 0 Å². The minimum absolute atomic E-state index is 1.15. The molecule has 11 rings (SSSR count). The van der Waals surface area contributed by atoms with Crippen LogP contribution in [-0.4, -0.2) is 9.13 Å². The summed E-state index contributed by atoms with van der Waals surface area (Å²) >= 11 is 1.88. The summed E-state index contributed by atoms with van der Waals surface area (Å²) in [6.45, 7) is 0. The zero-order chi connectivity index (χ0) is 33.5. The summed E-state index contributed by atoms with van der Waals surface area (Å²) in [7, 11) is 0. The second-order valence-electron chi connectivity index (χ2n) is 13.4. The Hall–Kier alpha value is -6.42. The summed E-state index contributed by atoms with van der Waals surface area (Å²) in [6, 6.07) is 66.6. The van der Waals surface area contributed by atoms with E-state index in [1.54, 1.807) is 0 Å². The van der Waals surface area contributed by atoms with Crippen LogP contribution in [0.5, 0.6) is 0 Å². The highest BCUT2D eigenvalue weighted by molar-refractivity contribution is 7.25. The third-order valence-electron chi connectivity index (χ3n) is 10.5. The fourth-order valence-corrected chi connectivity index (χ4v) is 9.26. The van der Waals surface area contributed by atoms with Gasteiger partial charge in [-0.2, -0.15) is 0 Å². The Kier molecular flexibility index (Phi) is 6.16. The molecule has 0 atom stereocenters. The number of para-hydroxylation sites is 2. The van der Waals surface area contributed by atoms with Crippen LogP contribution in [0.15, 0.2) is 182 Å². The predicted molar refractivity (Wildman–Crippen MR) is 219 cm³/mol. The van der Waals surface area contributed by atoms with Crippen LogP contribution in [0.3, 0.4) is 0 Å². The van der Waals surface area contributed by atoms with Gasteiger partial charge in [-0.15, -0.1) is 11.3 Å². The van der Waals surface area contributed by atoms with Crippen molar-refractivity contribution in [3.05, 3.63) is 182 Å². The number of hydrogen-bond donors (Lipinski definition) is 0. The molecular formula is C48H30N2S. The molecule has 0 saturated carbocycles. The minimum atomic E-state index is 1.15. The van der Waals surface area contributed by atoms with Crippen molar-refractivity contribution in [2.75, 3.05) is 0 Å². The first-order valence-electron chi connectivity index (χ1n) is 17.4. The summed E-state index contributed by atoms with van der Waals surface area (Å²) in [5.41, 5.74) is 12.0. The van der Waals surface area contributed by atoms with E-state index in [1.807, 2.05) is 11.3 Å². The van der Waals surface area contributed by atoms with Gasteiger partial charge in [0, 0.05) is 53.1 Å². The van der Waals surface area contributed by atoms with Crippen molar-refractivity contribution in [3.8, 4) is 33.6 Å². The Morgan fingerprint density at radius 1 is 0.275 bits per heavy atom. The van der Waals surface area contributed by atoms with Crippen LogP contribution in [-0.2, 0) is 0 Å². The second kappa shape index (κ2) is 11.0. The van der Waals surface area contributed by atoms with Crippen LogP contribution in [0.25, 0.3) is 97.4 Å². The lowest BCUT2D eigenvalue weighted by Gasteiger charge is -2.12. The van der Waals surface area contributed by atoms with Crippen LogP contribution >= 0.6 is 11.3 Å². The second-order valence-corrected chi connectivity index (χ2v) is 14.5. The molecule has 0 N–H and O–H groups in total. The Morgan fingerprint density at radius 2 is 0.804 bits per heavy atom. The molecule has 0 bridgehead atoms. The molecule has 0 aliphatic rings. The molecule has 3 aromatic heterocycles. The molecular weight excluding hydrogens is 637 g/mol. The van der Waals surface area contributed by atoms with E-state index in [2.05, 4.69) is 191 Å². The zero-order valence-corrected chi connectivity index (χ0v) is 28.4. The first kappa shape index (κ1) is 28.4. The van der Waals surface area contributed by atoms with Crippen molar-refractivity contribution in [2.45, 2.75) is 0 Å². The van der Waals surface area contributed by atoms with Gasteiger partial charge in [-0.1, -0.05) is 121 Å². The third-order valence-corrected chi connectivity index (χ3v) is 11.6. The van der Waals surface area contributed by atoms with Crippen LogP contribution < -0.4 is 0 Å². The lowest BCUT2D eigenvalue weighted by Crippen LogP contribution is -1.96. The van der Waals surface area contributed by atoms with E-state index in [0.717, 1.165) is 5.69 Å². The van der Waals surface area contributed by atoms with Crippen molar-refractivity contribution in [1.29, 1.82) is 0 Å². The maximum absolute atomic E-state index is 2.46. The van der Waals surface area contributed by atoms with E-state index in [0.29, 0.717) is 0 Å². The standard InChI is InChI=1S/C48H30N2S/c1-3-12-31(13-4-1)32-22-24-33(25-23-32)34-14-11-17-36(26-34)50-43-20-9-7-18-37(43)39-27-40-41-28-42-38-19-8-10-21-47(38)51-48(42)30-46(41)49(45(40)29-44(39)50)35-15-5-2-6-16-35/h1-30H. The van der Waals surface area contributed by atoms with Gasteiger partial charge >= 0.3 is 0 Å². The first-order chi connectivity index (χ1) is 25.3.